The number of rotatable bonds is 4. The minimum absolute atomic E-state index is 0.588. The average Bonchev–Trinajstić information content (AvgIpc) is 2.15. The van der Waals surface area contributed by atoms with Gasteiger partial charge >= 0.3 is 0 Å². The van der Waals surface area contributed by atoms with Crippen LogP contribution >= 0.6 is 0 Å². The lowest BCUT2D eigenvalue weighted by Gasteiger charge is -2.35. The van der Waals surface area contributed by atoms with Gasteiger partial charge in [0.2, 0.25) is 0 Å². The van der Waals surface area contributed by atoms with E-state index in [0.29, 0.717) is 6.04 Å². The highest BCUT2D eigenvalue weighted by Gasteiger charge is 2.28. The summed E-state index contributed by atoms with van der Waals surface area (Å²) in [6.07, 6.45) is 4.20. The molecule has 15 heavy (non-hydrogen) atoms. The van der Waals surface area contributed by atoms with E-state index < -0.39 is 0 Å². The molecular weight excluding hydrogens is 182 g/mol. The standard InChI is InChI=1S/C14H21N/c1-3-15-14(12-8-6-9-12)13-10-5-4-7-11(13)2/h4-5,7,10,12,14-15H,3,6,8-9H2,1-2H3. The van der Waals surface area contributed by atoms with E-state index >= 15 is 0 Å². The first kappa shape index (κ1) is 10.7. The smallest absolute Gasteiger partial charge is 0.0351 e. The van der Waals surface area contributed by atoms with Gasteiger partial charge in [-0.15, -0.1) is 0 Å². The van der Waals surface area contributed by atoms with Gasteiger partial charge in [0.1, 0.15) is 0 Å². The molecule has 82 valence electrons. The summed E-state index contributed by atoms with van der Waals surface area (Å²) in [4.78, 5) is 0. The molecule has 0 bridgehead atoms. The van der Waals surface area contributed by atoms with Gasteiger partial charge in [0.25, 0.3) is 0 Å². The Morgan fingerprint density at radius 2 is 2.07 bits per heavy atom. The number of benzene rings is 1. The van der Waals surface area contributed by atoms with Crippen LogP contribution < -0.4 is 5.32 Å². The highest BCUT2D eigenvalue weighted by atomic mass is 14.9. The largest absolute Gasteiger partial charge is 0.310 e. The maximum absolute atomic E-state index is 3.64. The summed E-state index contributed by atoms with van der Waals surface area (Å²) < 4.78 is 0. The van der Waals surface area contributed by atoms with Crippen LogP contribution in [-0.4, -0.2) is 6.54 Å². The second-order valence-electron chi connectivity index (χ2n) is 4.58. The van der Waals surface area contributed by atoms with Crippen LogP contribution in [0.2, 0.25) is 0 Å². The highest BCUT2D eigenvalue weighted by Crippen LogP contribution is 2.38. The number of nitrogens with one attached hydrogen (secondary N) is 1. The van der Waals surface area contributed by atoms with Crippen molar-refractivity contribution in [2.24, 2.45) is 5.92 Å². The molecule has 2 rings (SSSR count). The summed E-state index contributed by atoms with van der Waals surface area (Å²) in [5.74, 6) is 0.867. The van der Waals surface area contributed by atoms with Crippen LogP contribution in [0.15, 0.2) is 24.3 Å². The van der Waals surface area contributed by atoms with Gasteiger partial charge in [-0.25, -0.2) is 0 Å². The van der Waals surface area contributed by atoms with Crippen molar-refractivity contribution in [1.82, 2.24) is 5.32 Å². The van der Waals surface area contributed by atoms with E-state index in [0.717, 1.165) is 12.5 Å². The van der Waals surface area contributed by atoms with E-state index in [1.54, 1.807) is 0 Å². The molecule has 0 aromatic heterocycles. The summed E-state index contributed by atoms with van der Waals surface area (Å²) in [6.45, 7) is 5.48. The van der Waals surface area contributed by atoms with Crippen LogP contribution in [-0.2, 0) is 0 Å². The maximum Gasteiger partial charge on any atom is 0.0351 e. The van der Waals surface area contributed by atoms with Gasteiger partial charge in [-0.1, -0.05) is 37.6 Å². The molecule has 0 heterocycles. The third kappa shape index (κ3) is 2.23. The van der Waals surface area contributed by atoms with Crippen molar-refractivity contribution in [3.05, 3.63) is 35.4 Å². The third-order valence-electron chi connectivity index (χ3n) is 3.57. The fourth-order valence-corrected chi connectivity index (χ4v) is 2.46. The normalized spacial score (nSPS) is 18.5. The molecule has 0 saturated heterocycles. The Morgan fingerprint density at radius 3 is 2.60 bits per heavy atom. The molecule has 1 aliphatic carbocycles. The van der Waals surface area contributed by atoms with Crippen molar-refractivity contribution in [1.29, 1.82) is 0 Å². The monoisotopic (exact) mass is 203 g/mol. The van der Waals surface area contributed by atoms with E-state index in [1.807, 2.05) is 0 Å². The van der Waals surface area contributed by atoms with Crippen LogP contribution in [0, 0.1) is 12.8 Å². The van der Waals surface area contributed by atoms with Crippen LogP contribution in [0.1, 0.15) is 43.4 Å². The van der Waals surface area contributed by atoms with Crippen LogP contribution in [0.3, 0.4) is 0 Å². The predicted octanol–water partition coefficient (Wildman–Crippen LogP) is 3.45. The second-order valence-corrected chi connectivity index (χ2v) is 4.58. The zero-order valence-electron chi connectivity index (χ0n) is 9.79. The number of aryl methyl sites for hydroxylation is 1. The van der Waals surface area contributed by atoms with E-state index in [2.05, 4.69) is 43.4 Å². The summed E-state index contributed by atoms with van der Waals surface area (Å²) in [5, 5.41) is 3.64. The Balaban J connectivity index is 2.19. The fourth-order valence-electron chi connectivity index (χ4n) is 2.46. The Bertz CT molecular complexity index is 315. The van der Waals surface area contributed by atoms with Gasteiger partial charge in [-0.3, -0.25) is 0 Å². The van der Waals surface area contributed by atoms with Crippen molar-refractivity contribution in [3.8, 4) is 0 Å². The summed E-state index contributed by atoms with van der Waals surface area (Å²) in [6, 6.07) is 9.37. The minimum Gasteiger partial charge on any atom is -0.310 e. The zero-order valence-corrected chi connectivity index (χ0v) is 9.79. The van der Waals surface area contributed by atoms with Crippen molar-refractivity contribution in [3.63, 3.8) is 0 Å². The zero-order chi connectivity index (χ0) is 10.7. The van der Waals surface area contributed by atoms with Gasteiger partial charge in [0, 0.05) is 6.04 Å². The van der Waals surface area contributed by atoms with Crippen LogP contribution in [0.4, 0.5) is 0 Å². The topological polar surface area (TPSA) is 12.0 Å². The van der Waals surface area contributed by atoms with E-state index in [1.165, 1.54) is 30.4 Å². The Labute approximate surface area is 92.9 Å². The maximum atomic E-state index is 3.64. The first-order valence-corrected chi connectivity index (χ1v) is 6.12. The molecule has 1 saturated carbocycles. The van der Waals surface area contributed by atoms with Crippen molar-refractivity contribution >= 4 is 0 Å². The Morgan fingerprint density at radius 1 is 1.33 bits per heavy atom. The molecule has 0 aliphatic heterocycles. The molecule has 1 atom stereocenters. The third-order valence-corrected chi connectivity index (χ3v) is 3.57. The quantitative estimate of drug-likeness (QED) is 0.790. The molecule has 1 unspecified atom stereocenters. The average molecular weight is 203 g/mol. The van der Waals surface area contributed by atoms with Gasteiger partial charge in [-0.05, 0) is 43.4 Å². The molecule has 1 aromatic carbocycles. The van der Waals surface area contributed by atoms with Crippen molar-refractivity contribution < 1.29 is 0 Å². The molecule has 0 radical (unpaired) electrons. The minimum atomic E-state index is 0.588. The predicted molar refractivity (Wildman–Crippen MR) is 64.9 cm³/mol. The molecule has 0 spiro atoms. The lowest BCUT2D eigenvalue weighted by molar-refractivity contribution is 0.232. The second kappa shape index (κ2) is 4.80. The first-order chi connectivity index (χ1) is 7.33. The first-order valence-electron chi connectivity index (χ1n) is 6.12. The van der Waals surface area contributed by atoms with E-state index in [-0.39, 0.29) is 0 Å². The fraction of sp³-hybridized carbons (Fsp3) is 0.571. The molecule has 1 N–H and O–H groups in total. The Hall–Kier alpha value is -0.820. The van der Waals surface area contributed by atoms with Crippen molar-refractivity contribution in [2.75, 3.05) is 6.54 Å². The van der Waals surface area contributed by atoms with E-state index in [4.69, 9.17) is 0 Å². The van der Waals surface area contributed by atoms with Gasteiger partial charge in [0.05, 0.1) is 0 Å². The molecule has 1 aliphatic rings. The molecule has 1 aromatic rings. The number of hydrogen-bond donors (Lipinski definition) is 1. The molecule has 0 amide bonds. The number of hydrogen-bond acceptors (Lipinski definition) is 1. The lowest BCUT2D eigenvalue weighted by atomic mass is 9.76. The molecule has 1 fully saturated rings. The lowest BCUT2D eigenvalue weighted by Crippen LogP contribution is -2.32. The Kier molecular flexibility index (Phi) is 3.42. The summed E-state index contributed by atoms with van der Waals surface area (Å²) in [7, 11) is 0. The molecule has 1 heteroatoms. The SMILES string of the molecule is CCNC(c1ccccc1C)C1CCC1. The van der Waals surface area contributed by atoms with Crippen LogP contribution in [0.5, 0.6) is 0 Å². The summed E-state index contributed by atoms with van der Waals surface area (Å²) >= 11 is 0. The van der Waals surface area contributed by atoms with Gasteiger partial charge in [-0.2, -0.15) is 0 Å². The van der Waals surface area contributed by atoms with E-state index in [9.17, 15) is 0 Å². The summed E-state index contributed by atoms with van der Waals surface area (Å²) in [5.41, 5.74) is 2.93. The van der Waals surface area contributed by atoms with Crippen molar-refractivity contribution in [2.45, 2.75) is 39.2 Å². The van der Waals surface area contributed by atoms with Gasteiger partial charge < -0.3 is 5.32 Å². The van der Waals surface area contributed by atoms with Crippen LogP contribution in [0.25, 0.3) is 0 Å². The molecular formula is C14H21N. The van der Waals surface area contributed by atoms with Gasteiger partial charge in [0.15, 0.2) is 0 Å². The molecule has 1 nitrogen and oxygen atoms in total. The highest BCUT2D eigenvalue weighted by molar-refractivity contribution is 5.29.